The molecule has 0 bridgehead atoms. The van der Waals surface area contributed by atoms with Gasteiger partial charge in [0.15, 0.2) is 5.78 Å². The Labute approximate surface area is 194 Å². The van der Waals surface area contributed by atoms with E-state index in [1.54, 1.807) is 38.3 Å². The quantitative estimate of drug-likeness (QED) is 0.272. The summed E-state index contributed by atoms with van der Waals surface area (Å²) in [7, 11) is 1.55. The Balaban J connectivity index is 1.75. The minimum absolute atomic E-state index is 0.0368. The highest BCUT2D eigenvalue weighted by Gasteiger charge is 2.49. The monoisotopic (exact) mass is 462 g/mol. The molecule has 33 heavy (non-hydrogen) atoms. The number of allylic oxidation sites excluding steroid dienone is 1. The van der Waals surface area contributed by atoms with Crippen LogP contribution in [0.25, 0.3) is 5.57 Å². The zero-order valence-corrected chi connectivity index (χ0v) is 19.5. The summed E-state index contributed by atoms with van der Waals surface area (Å²) >= 11 is 0. The molecule has 8 nitrogen and oxygen atoms in total. The molecule has 0 spiro atoms. The number of methoxy groups -OCH3 is 1. The van der Waals surface area contributed by atoms with Crippen LogP contribution in [-0.4, -0.2) is 77.2 Å². The summed E-state index contributed by atoms with van der Waals surface area (Å²) < 4.78 is 16.8. The first-order valence-corrected chi connectivity index (χ1v) is 11.3. The molecule has 2 saturated heterocycles. The Morgan fingerprint density at radius 2 is 1.82 bits per heavy atom. The predicted octanol–water partition coefficient (Wildman–Crippen LogP) is 1.54. The molecule has 0 radical (unpaired) electrons. The number of Topliss-reactive ketones (excluding diaryl/α,β-unsaturated/α-hetero) is 1. The van der Waals surface area contributed by atoms with Crippen molar-refractivity contribution in [2.45, 2.75) is 70.2 Å². The molecule has 2 aliphatic rings. The highest BCUT2D eigenvalue weighted by atomic mass is 16.6. The molecule has 1 aromatic rings. The third-order valence-corrected chi connectivity index (χ3v) is 6.56. The van der Waals surface area contributed by atoms with Crippen LogP contribution in [0.5, 0.6) is 5.75 Å². The van der Waals surface area contributed by atoms with Crippen molar-refractivity contribution in [3.63, 3.8) is 0 Å². The van der Waals surface area contributed by atoms with Crippen molar-refractivity contribution in [1.29, 1.82) is 0 Å². The van der Waals surface area contributed by atoms with Gasteiger partial charge in [0.25, 0.3) is 0 Å². The molecule has 0 saturated carbocycles. The van der Waals surface area contributed by atoms with Crippen LogP contribution >= 0.6 is 0 Å². The summed E-state index contributed by atoms with van der Waals surface area (Å²) in [4.78, 5) is 23.8. The Hall–Kier alpha value is -2.10. The number of ketones is 2. The van der Waals surface area contributed by atoms with E-state index in [1.165, 1.54) is 13.0 Å². The van der Waals surface area contributed by atoms with Crippen molar-refractivity contribution in [2.75, 3.05) is 13.7 Å². The Bertz CT molecular complexity index is 862. The van der Waals surface area contributed by atoms with Crippen LogP contribution in [-0.2, 0) is 19.1 Å². The van der Waals surface area contributed by atoms with Crippen LogP contribution in [0.15, 0.2) is 30.3 Å². The Morgan fingerprint density at radius 1 is 1.15 bits per heavy atom. The molecule has 8 atom stereocenters. The van der Waals surface area contributed by atoms with Crippen LogP contribution in [0.4, 0.5) is 0 Å². The summed E-state index contributed by atoms with van der Waals surface area (Å²) in [6.45, 7) is 5.06. The van der Waals surface area contributed by atoms with Crippen molar-refractivity contribution >= 4 is 17.1 Å². The van der Waals surface area contributed by atoms with Crippen LogP contribution < -0.4 is 4.74 Å². The second-order valence-electron chi connectivity index (χ2n) is 9.11. The van der Waals surface area contributed by atoms with Gasteiger partial charge >= 0.3 is 0 Å². The molecule has 3 rings (SSSR count). The lowest BCUT2D eigenvalue weighted by molar-refractivity contribution is -0.154. The molecular weight excluding hydrogens is 428 g/mol. The molecule has 0 unspecified atom stereocenters. The number of epoxide rings is 1. The molecule has 3 N–H and O–H groups in total. The second-order valence-corrected chi connectivity index (χ2v) is 9.11. The summed E-state index contributed by atoms with van der Waals surface area (Å²) in [5, 5.41) is 31.5. The molecule has 1 aromatic carbocycles. The van der Waals surface area contributed by atoms with E-state index in [9.17, 15) is 24.9 Å². The number of rotatable bonds is 10. The first kappa shape index (κ1) is 25.5. The Morgan fingerprint density at radius 3 is 2.39 bits per heavy atom. The molecule has 182 valence electrons. The molecular formula is C25H34O8. The first-order chi connectivity index (χ1) is 15.6. The van der Waals surface area contributed by atoms with Gasteiger partial charge in [-0.2, -0.15) is 0 Å². The highest BCUT2D eigenvalue weighted by Crippen LogP contribution is 2.39. The summed E-state index contributed by atoms with van der Waals surface area (Å²) in [6.07, 6.45) is -2.21. The van der Waals surface area contributed by atoms with Crippen molar-refractivity contribution in [2.24, 2.45) is 11.8 Å². The number of hydrogen-bond donors (Lipinski definition) is 3. The van der Waals surface area contributed by atoms with Crippen molar-refractivity contribution in [3.8, 4) is 5.75 Å². The zero-order chi connectivity index (χ0) is 24.3. The molecule has 0 aromatic heterocycles. The minimum Gasteiger partial charge on any atom is -0.497 e. The van der Waals surface area contributed by atoms with Gasteiger partial charge in [-0.15, -0.1) is 0 Å². The molecule has 2 heterocycles. The van der Waals surface area contributed by atoms with Gasteiger partial charge in [0.05, 0.1) is 50.7 Å². The third-order valence-electron chi connectivity index (χ3n) is 6.56. The largest absolute Gasteiger partial charge is 0.497 e. The summed E-state index contributed by atoms with van der Waals surface area (Å²) in [5.41, 5.74) is 1.17. The third kappa shape index (κ3) is 6.28. The van der Waals surface area contributed by atoms with Crippen LogP contribution in [0, 0.1) is 11.8 Å². The number of aliphatic hydroxyl groups excluding tert-OH is 3. The first-order valence-electron chi connectivity index (χ1n) is 11.3. The van der Waals surface area contributed by atoms with Gasteiger partial charge in [-0.3, -0.25) is 9.59 Å². The lowest BCUT2D eigenvalue weighted by Gasteiger charge is -2.39. The standard InChI is InChI=1S/C25H34O8/c1-13(26)9-17(28)10-19(16-5-7-18(31-4)8-6-16)20-12-32-21(24(30)23(20)29)11-22-25(33-22)14(2)15(3)27/h5-8,10,14-15,20-25,27,29-30H,9,11-12H2,1-4H3/t14-,15-,20+,21-,22-,23+,24-,25-/m0/s1. The number of carbonyl (C=O) groups excluding carboxylic acids is 2. The maximum atomic E-state index is 12.4. The number of ether oxygens (including phenoxy) is 3. The van der Waals surface area contributed by atoms with E-state index in [4.69, 9.17) is 14.2 Å². The Kier molecular flexibility index (Phi) is 8.42. The van der Waals surface area contributed by atoms with E-state index in [0.717, 1.165) is 0 Å². The fourth-order valence-corrected chi connectivity index (χ4v) is 4.33. The van der Waals surface area contributed by atoms with Crippen molar-refractivity contribution < 1.29 is 39.1 Å². The van der Waals surface area contributed by atoms with Gasteiger partial charge in [-0.25, -0.2) is 0 Å². The predicted molar refractivity (Wildman–Crippen MR) is 121 cm³/mol. The SMILES string of the molecule is COc1ccc(C(=CC(=O)CC(C)=O)[C@H]2CO[C@@H](C[C@@H]3O[C@H]3[C@@H](C)[C@H](C)O)[C@H](O)[C@@H]2O)cc1. The number of benzene rings is 1. The average Bonchev–Trinajstić information content (AvgIpc) is 3.54. The zero-order valence-electron chi connectivity index (χ0n) is 19.5. The van der Waals surface area contributed by atoms with Gasteiger partial charge in [0, 0.05) is 18.3 Å². The second kappa shape index (κ2) is 10.9. The van der Waals surface area contributed by atoms with Gasteiger partial charge in [-0.1, -0.05) is 19.1 Å². The fraction of sp³-hybridized carbons (Fsp3) is 0.600. The van der Waals surface area contributed by atoms with E-state index in [1.807, 2.05) is 6.92 Å². The molecule has 2 aliphatic heterocycles. The van der Waals surface area contributed by atoms with Gasteiger partial charge < -0.3 is 29.5 Å². The maximum absolute atomic E-state index is 12.4. The van der Waals surface area contributed by atoms with Gasteiger partial charge in [-0.05, 0) is 43.2 Å². The van der Waals surface area contributed by atoms with E-state index >= 15 is 0 Å². The topological polar surface area (TPSA) is 126 Å². The number of carbonyl (C=O) groups is 2. The summed E-state index contributed by atoms with van der Waals surface area (Å²) in [6, 6.07) is 7.00. The molecule has 2 fully saturated rings. The van der Waals surface area contributed by atoms with E-state index < -0.39 is 30.3 Å². The maximum Gasteiger partial charge on any atom is 0.163 e. The van der Waals surface area contributed by atoms with E-state index in [-0.39, 0.29) is 42.7 Å². The fourth-order valence-electron chi connectivity index (χ4n) is 4.33. The molecule has 0 amide bonds. The van der Waals surface area contributed by atoms with Crippen molar-refractivity contribution in [1.82, 2.24) is 0 Å². The number of hydrogen-bond acceptors (Lipinski definition) is 8. The van der Waals surface area contributed by atoms with E-state index in [2.05, 4.69) is 0 Å². The summed E-state index contributed by atoms with van der Waals surface area (Å²) in [5.74, 6) is -0.688. The van der Waals surface area contributed by atoms with Crippen LogP contribution in [0.1, 0.15) is 39.2 Å². The van der Waals surface area contributed by atoms with Gasteiger partial charge in [0.1, 0.15) is 17.6 Å². The van der Waals surface area contributed by atoms with Gasteiger partial charge in [0.2, 0.25) is 0 Å². The normalized spacial score (nSPS) is 31.5. The number of aliphatic hydroxyl groups is 3. The van der Waals surface area contributed by atoms with Crippen LogP contribution in [0.2, 0.25) is 0 Å². The average molecular weight is 463 g/mol. The van der Waals surface area contributed by atoms with Crippen LogP contribution in [0.3, 0.4) is 0 Å². The lowest BCUT2D eigenvalue weighted by atomic mass is 9.81. The minimum atomic E-state index is -1.18. The molecule has 8 heteroatoms. The van der Waals surface area contributed by atoms with Crippen molar-refractivity contribution in [3.05, 3.63) is 35.9 Å². The molecule has 0 aliphatic carbocycles. The highest BCUT2D eigenvalue weighted by molar-refractivity contribution is 6.07. The smallest absolute Gasteiger partial charge is 0.163 e. The van der Waals surface area contributed by atoms with E-state index in [0.29, 0.717) is 23.3 Å². The lowest BCUT2D eigenvalue weighted by Crippen LogP contribution is -2.51.